The molecular formula is C82H54N2O3. The van der Waals surface area contributed by atoms with Crippen LogP contribution in [0.2, 0.25) is 0 Å². The Morgan fingerprint density at radius 3 is 0.885 bits per heavy atom. The summed E-state index contributed by atoms with van der Waals surface area (Å²) in [7, 11) is 0. The van der Waals surface area contributed by atoms with Crippen LogP contribution in [0.15, 0.2) is 268 Å². The van der Waals surface area contributed by atoms with E-state index in [1.807, 2.05) is 0 Å². The van der Waals surface area contributed by atoms with Crippen molar-refractivity contribution in [2.24, 2.45) is 0 Å². The van der Waals surface area contributed by atoms with Gasteiger partial charge in [0.05, 0.1) is 0 Å². The molecule has 2 aliphatic carbocycles. The minimum Gasteiger partial charge on any atom is -0.456 e. The molecule has 3 aromatic heterocycles. The van der Waals surface area contributed by atoms with Crippen molar-refractivity contribution in [3.05, 3.63) is 277 Å². The summed E-state index contributed by atoms with van der Waals surface area (Å²) in [5.74, 6) is 0. The van der Waals surface area contributed by atoms with Gasteiger partial charge in [0, 0.05) is 89.4 Å². The van der Waals surface area contributed by atoms with Crippen LogP contribution in [0, 0.1) is 0 Å². The van der Waals surface area contributed by atoms with E-state index in [4.69, 9.17) is 13.3 Å². The molecule has 87 heavy (non-hydrogen) atoms. The largest absolute Gasteiger partial charge is 0.456 e. The van der Waals surface area contributed by atoms with E-state index >= 15 is 0 Å². The molecule has 14 aromatic carbocycles. The molecule has 0 aliphatic heterocycles. The summed E-state index contributed by atoms with van der Waals surface area (Å²) in [6.45, 7) is 9.46. The number of hydrogen-bond donors (Lipinski definition) is 0. The van der Waals surface area contributed by atoms with Gasteiger partial charge in [-0.1, -0.05) is 149 Å². The molecule has 2 aliphatic rings. The van der Waals surface area contributed by atoms with E-state index < -0.39 is 0 Å². The Balaban J connectivity index is 0.709. The second-order valence-corrected chi connectivity index (χ2v) is 25.3. The van der Waals surface area contributed by atoms with Gasteiger partial charge in [0.1, 0.15) is 33.5 Å². The Morgan fingerprint density at radius 2 is 0.494 bits per heavy atom. The average molecular weight is 1120 g/mol. The lowest BCUT2D eigenvalue weighted by molar-refractivity contribution is 0.661. The Morgan fingerprint density at radius 1 is 0.218 bits per heavy atom. The minimum atomic E-state index is -0.197. The molecule has 3 heterocycles. The van der Waals surface area contributed by atoms with Gasteiger partial charge in [-0.05, 0) is 209 Å². The normalized spacial score (nSPS) is 13.9. The Kier molecular flexibility index (Phi) is 9.68. The van der Waals surface area contributed by atoms with Gasteiger partial charge in [0.25, 0.3) is 0 Å². The molecule has 0 amide bonds. The molecule has 17 aromatic rings. The summed E-state index contributed by atoms with van der Waals surface area (Å²) in [5, 5.41) is 15.9. The molecule has 0 saturated heterocycles. The lowest BCUT2D eigenvalue weighted by Crippen LogP contribution is -2.16. The summed E-state index contributed by atoms with van der Waals surface area (Å²) in [5.41, 5.74) is 21.3. The van der Waals surface area contributed by atoms with Crippen molar-refractivity contribution >= 4 is 143 Å². The molecule has 0 saturated carbocycles. The highest BCUT2D eigenvalue weighted by molar-refractivity contribution is 6.19. The SMILES string of the molecule is CC1(C)c2cc(N(c3ccc4ccccc4c3)c3ccc4c(c3)oc3cc5c(cc34)oc3cc4c(cc35)oc3cc(N(c5ccc6c(c5)C(C)(C)c5cc7ccccc7cc5-6)c5ccc6ccccc6c5)ccc34)ccc2-c2cc3ccccc3cc21. The number of fused-ring (bicyclic) bond motifs is 19. The second-order valence-electron chi connectivity index (χ2n) is 25.3. The summed E-state index contributed by atoms with van der Waals surface area (Å²) < 4.78 is 20.7. The van der Waals surface area contributed by atoms with Crippen LogP contribution in [0.4, 0.5) is 34.1 Å². The van der Waals surface area contributed by atoms with Gasteiger partial charge < -0.3 is 23.1 Å². The lowest BCUT2D eigenvalue weighted by Gasteiger charge is -2.28. The van der Waals surface area contributed by atoms with Crippen molar-refractivity contribution in [1.29, 1.82) is 0 Å². The van der Waals surface area contributed by atoms with Crippen LogP contribution in [0.5, 0.6) is 0 Å². The van der Waals surface area contributed by atoms with Crippen LogP contribution < -0.4 is 9.80 Å². The van der Waals surface area contributed by atoms with Gasteiger partial charge in [0.2, 0.25) is 0 Å². The topological polar surface area (TPSA) is 45.9 Å². The maximum absolute atomic E-state index is 6.94. The highest BCUT2D eigenvalue weighted by Crippen LogP contribution is 2.55. The summed E-state index contributed by atoms with van der Waals surface area (Å²) in [4.78, 5) is 4.76. The summed E-state index contributed by atoms with van der Waals surface area (Å²) in [6, 6.07) is 93.5. The fourth-order valence-corrected chi connectivity index (χ4v) is 15.2. The molecule has 0 atom stereocenters. The number of rotatable bonds is 6. The zero-order chi connectivity index (χ0) is 57.6. The molecule has 0 radical (unpaired) electrons. The van der Waals surface area contributed by atoms with Crippen molar-refractivity contribution in [3.63, 3.8) is 0 Å². The number of furan rings is 3. The maximum atomic E-state index is 6.94. The van der Waals surface area contributed by atoms with E-state index in [0.29, 0.717) is 0 Å². The van der Waals surface area contributed by atoms with Crippen LogP contribution >= 0.6 is 0 Å². The third-order valence-corrected chi connectivity index (χ3v) is 19.7. The van der Waals surface area contributed by atoms with Gasteiger partial charge in [-0.25, -0.2) is 0 Å². The zero-order valence-corrected chi connectivity index (χ0v) is 48.4. The molecule has 0 spiro atoms. The fourth-order valence-electron chi connectivity index (χ4n) is 15.2. The third kappa shape index (κ3) is 7.02. The Hall–Kier alpha value is -10.9. The first-order valence-corrected chi connectivity index (χ1v) is 30.2. The second kappa shape index (κ2) is 17.4. The Labute approximate surface area is 501 Å². The van der Waals surface area contributed by atoms with E-state index in [1.165, 1.54) is 87.6 Å². The highest BCUT2D eigenvalue weighted by Gasteiger charge is 2.38. The highest BCUT2D eigenvalue weighted by atomic mass is 16.3. The molecule has 0 unspecified atom stereocenters. The van der Waals surface area contributed by atoms with Gasteiger partial charge in [0.15, 0.2) is 0 Å². The maximum Gasteiger partial charge on any atom is 0.137 e. The van der Waals surface area contributed by atoms with Crippen LogP contribution in [-0.2, 0) is 10.8 Å². The van der Waals surface area contributed by atoms with Gasteiger partial charge >= 0.3 is 0 Å². The van der Waals surface area contributed by atoms with Gasteiger partial charge in [-0.3, -0.25) is 0 Å². The van der Waals surface area contributed by atoms with E-state index in [1.54, 1.807) is 0 Å². The molecule has 5 nitrogen and oxygen atoms in total. The van der Waals surface area contributed by atoms with E-state index in [9.17, 15) is 0 Å². The van der Waals surface area contributed by atoms with Crippen molar-refractivity contribution in [1.82, 2.24) is 0 Å². The first-order valence-electron chi connectivity index (χ1n) is 30.2. The molecule has 5 heteroatoms. The predicted octanol–water partition coefficient (Wildman–Crippen LogP) is 23.5. The standard InChI is InChI=1S/C82H54N2O3/c1-81(2)71-37-53-19-11-9-17-51(53)35-65(71)61-29-25-57(39-73(61)81)83(55-23-21-47-13-5-7-15-49(47)33-55)59-27-31-63-67-43-79-69(45-77(67)85-75(63)41-59)70-46-78-68(44-80(70)87-79)64-32-28-60(42-76(64)86-78)84(56-24-22-48-14-6-8-16-50(48)34-56)58-26-30-62-66-36-52-18-10-12-20-54(52)38-72(66)82(3,4)74(62)40-58/h5-46H,1-4H3. The average Bonchev–Trinajstić information content (AvgIpc) is 1.78. The van der Waals surface area contributed by atoms with Gasteiger partial charge in [-0.2, -0.15) is 0 Å². The summed E-state index contributed by atoms with van der Waals surface area (Å²) >= 11 is 0. The van der Waals surface area contributed by atoms with Crippen molar-refractivity contribution in [2.75, 3.05) is 9.80 Å². The predicted molar refractivity (Wildman–Crippen MR) is 363 cm³/mol. The molecule has 19 rings (SSSR count). The van der Waals surface area contributed by atoms with Gasteiger partial charge in [-0.15, -0.1) is 0 Å². The van der Waals surface area contributed by atoms with Crippen molar-refractivity contribution in [3.8, 4) is 22.3 Å². The molecule has 410 valence electrons. The van der Waals surface area contributed by atoms with E-state index in [0.717, 1.165) is 99.9 Å². The minimum absolute atomic E-state index is 0.197. The van der Waals surface area contributed by atoms with E-state index in [2.05, 4.69) is 292 Å². The monoisotopic (exact) mass is 1110 g/mol. The fraction of sp³-hybridized carbons (Fsp3) is 0.0732. The molecule has 0 fully saturated rings. The molecular weight excluding hydrogens is 1060 g/mol. The smallest absolute Gasteiger partial charge is 0.137 e. The Bertz CT molecular complexity index is 5510. The number of benzene rings is 14. The first-order chi connectivity index (χ1) is 42.5. The summed E-state index contributed by atoms with van der Waals surface area (Å²) in [6.07, 6.45) is 0. The first kappa shape index (κ1) is 48.5. The van der Waals surface area contributed by atoms with Crippen LogP contribution in [0.3, 0.4) is 0 Å². The third-order valence-electron chi connectivity index (χ3n) is 19.7. The zero-order valence-electron chi connectivity index (χ0n) is 48.4. The number of nitrogens with zero attached hydrogens (tertiary/aromatic N) is 2. The lowest BCUT2D eigenvalue weighted by atomic mass is 9.81. The molecule has 0 N–H and O–H groups in total. The van der Waals surface area contributed by atoms with Crippen molar-refractivity contribution in [2.45, 2.75) is 38.5 Å². The van der Waals surface area contributed by atoms with Crippen LogP contribution in [-0.4, -0.2) is 0 Å². The quantitative estimate of drug-likeness (QED) is 0.166. The van der Waals surface area contributed by atoms with Crippen LogP contribution in [0.25, 0.3) is 131 Å². The number of hydrogen-bond acceptors (Lipinski definition) is 5. The number of anilines is 6. The van der Waals surface area contributed by atoms with Crippen molar-refractivity contribution < 1.29 is 13.3 Å². The molecule has 0 bridgehead atoms. The van der Waals surface area contributed by atoms with E-state index in [-0.39, 0.29) is 10.8 Å². The van der Waals surface area contributed by atoms with Crippen LogP contribution in [0.1, 0.15) is 49.9 Å².